The van der Waals surface area contributed by atoms with E-state index >= 15 is 0 Å². The molecule has 0 aromatic heterocycles. The van der Waals surface area contributed by atoms with Crippen molar-refractivity contribution in [3.05, 3.63) is 28.2 Å². The van der Waals surface area contributed by atoms with E-state index in [1.165, 1.54) is 0 Å². The second kappa shape index (κ2) is 4.96. The SMILES string of the molecule is CCN1CC(c2ccc(OC)c(Br)c2)NC1=O. The largest absolute Gasteiger partial charge is 0.496 e. The molecule has 5 heteroatoms. The van der Waals surface area contributed by atoms with Gasteiger partial charge in [-0.05, 0) is 40.5 Å². The van der Waals surface area contributed by atoms with Crippen molar-refractivity contribution in [3.8, 4) is 5.75 Å². The van der Waals surface area contributed by atoms with Gasteiger partial charge < -0.3 is 15.0 Å². The first kappa shape index (κ1) is 12.2. The summed E-state index contributed by atoms with van der Waals surface area (Å²) in [7, 11) is 1.63. The van der Waals surface area contributed by atoms with Crippen LogP contribution in [0.2, 0.25) is 0 Å². The third-order valence-corrected chi connectivity index (χ3v) is 3.57. The Balaban J connectivity index is 2.19. The van der Waals surface area contributed by atoms with Gasteiger partial charge >= 0.3 is 6.03 Å². The van der Waals surface area contributed by atoms with Gasteiger partial charge in [0, 0.05) is 13.1 Å². The van der Waals surface area contributed by atoms with Crippen LogP contribution < -0.4 is 10.1 Å². The number of nitrogens with zero attached hydrogens (tertiary/aromatic N) is 1. The van der Waals surface area contributed by atoms with Gasteiger partial charge in [-0.15, -0.1) is 0 Å². The lowest BCUT2D eigenvalue weighted by Crippen LogP contribution is -2.27. The lowest BCUT2D eigenvalue weighted by atomic mass is 10.1. The topological polar surface area (TPSA) is 41.6 Å². The van der Waals surface area contributed by atoms with Crippen LogP contribution in [-0.4, -0.2) is 31.1 Å². The van der Waals surface area contributed by atoms with Crippen molar-refractivity contribution in [3.63, 3.8) is 0 Å². The minimum atomic E-state index is 0.00411. The van der Waals surface area contributed by atoms with Gasteiger partial charge in [-0.1, -0.05) is 6.07 Å². The van der Waals surface area contributed by atoms with E-state index in [1.54, 1.807) is 12.0 Å². The molecule has 4 nitrogen and oxygen atoms in total. The Morgan fingerprint density at radius 2 is 2.35 bits per heavy atom. The van der Waals surface area contributed by atoms with Crippen LogP contribution in [-0.2, 0) is 0 Å². The molecule has 1 aromatic rings. The first-order valence-electron chi connectivity index (χ1n) is 5.54. The highest BCUT2D eigenvalue weighted by atomic mass is 79.9. The molecule has 1 unspecified atom stereocenters. The fourth-order valence-electron chi connectivity index (χ4n) is 1.95. The minimum absolute atomic E-state index is 0.00411. The van der Waals surface area contributed by atoms with Crippen LogP contribution in [0.15, 0.2) is 22.7 Å². The number of hydrogen-bond acceptors (Lipinski definition) is 2. The van der Waals surface area contributed by atoms with E-state index in [2.05, 4.69) is 21.2 Å². The number of benzene rings is 1. The van der Waals surface area contributed by atoms with E-state index < -0.39 is 0 Å². The lowest BCUT2D eigenvalue weighted by molar-refractivity contribution is 0.219. The van der Waals surface area contributed by atoms with Crippen molar-refractivity contribution >= 4 is 22.0 Å². The maximum atomic E-state index is 11.6. The number of halogens is 1. The Hall–Kier alpha value is -1.23. The molecule has 1 aromatic carbocycles. The molecule has 1 heterocycles. The average molecular weight is 299 g/mol. The molecule has 1 aliphatic heterocycles. The number of hydrogen-bond donors (Lipinski definition) is 1. The zero-order valence-electron chi connectivity index (χ0n) is 9.87. The predicted molar refractivity (Wildman–Crippen MR) is 69.2 cm³/mol. The number of nitrogens with one attached hydrogen (secondary N) is 1. The Morgan fingerprint density at radius 1 is 1.59 bits per heavy atom. The molecule has 2 amide bonds. The molecule has 0 aliphatic carbocycles. The second-order valence-electron chi connectivity index (χ2n) is 3.93. The summed E-state index contributed by atoms with van der Waals surface area (Å²) >= 11 is 3.45. The van der Waals surface area contributed by atoms with Gasteiger partial charge in [-0.25, -0.2) is 4.79 Å². The van der Waals surface area contributed by atoms with Crippen molar-refractivity contribution in [1.82, 2.24) is 10.2 Å². The van der Waals surface area contributed by atoms with Crippen molar-refractivity contribution < 1.29 is 9.53 Å². The summed E-state index contributed by atoms with van der Waals surface area (Å²) in [5.41, 5.74) is 1.09. The Kier molecular flexibility index (Phi) is 3.57. The van der Waals surface area contributed by atoms with Crippen LogP contribution in [0.1, 0.15) is 18.5 Å². The fourth-order valence-corrected chi connectivity index (χ4v) is 2.51. The molecule has 17 heavy (non-hydrogen) atoms. The number of amides is 2. The summed E-state index contributed by atoms with van der Waals surface area (Å²) in [5.74, 6) is 0.797. The molecule has 0 radical (unpaired) electrons. The molecule has 1 aliphatic rings. The lowest BCUT2D eigenvalue weighted by Gasteiger charge is -2.13. The quantitative estimate of drug-likeness (QED) is 0.932. The monoisotopic (exact) mass is 298 g/mol. The highest BCUT2D eigenvalue weighted by molar-refractivity contribution is 9.10. The fraction of sp³-hybridized carbons (Fsp3) is 0.417. The molecule has 1 saturated heterocycles. The maximum Gasteiger partial charge on any atom is 0.318 e. The highest BCUT2D eigenvalue weighted by Crippen LogP contribution is 2.29. The molecule has 1 atom stereocenters. The number of likely N-dealkylation sites (N-methyl/N-ethyl adjacent to an activating group) is 1. The molecule has 0 saturated carbocycles. The molecule has 1 fully saturated rings. The first-order chi connectivity index (χ1) is 8.15. The van der Waals surface area contributed by atoms with E-state index in [9.17, 15) is 4.79 Å². The Morgan fingerprint density at radius 3 is 2.88 bits per heavy atom. The predicted octanol–water partition coefficient (Wildman–Crippen LogP) is 2.54. The first-order valence-corrected chi connectivity index (χ1v) is 6.34. The van der Waals surface area contributed by atoms with Crippen LogP contribution in [0, 0.1) is 0 Å². The highest BCUT2D eigenvalue weighted by Gasteiger charge is 2.28. The standard InChI is InChI=1S/C12H15BrN2O2/c1-3-15-7-10(14-12(15)16)8-4-5-11(17-2)9(13)6-8/h4-6,10H,3,7H2,1-2H3,(H,14,16). The van der Waals surface area contributed by atoms with Gasteiger partial charge in [0.05, 0.1) is 17.6 Å². The van der Waals surface area contributed by atoms with Gasteiger partial charge in [0.1, 0.15) is 5.75 Å². The number of rotatable bonds is 3. The van der Waals surface area contributed by atoms with Crippen LogP contribution in [0.4, 0.5) is 4.79 Å². The molecule has 0 bridgehead atoms. The molecule has 0 spiro atoms. The van der Waals surface area contributed by atoms with Crippen molar-refractivity contribution in [2.45, 2.75) is 13.0 Å². The van der Waals surface area contributed by atoms with Gasteiger partial charge in [0.2, 0.25) is 0 Å². The molecule has 92 valence electrons. The van der Waals surface area contributed by atoms with Crippen molar-refractivity contribution in [2.24, 2.45) is 0 Å². The summed E-state index contributed by atoms with van der Waals surface area (Å²) in [6.07, 6.45) is 0. The molecule has 2 rings (SSSR count). The van der Waals surface area contributed by atoms with Gasteiger partial charge in [0.15, 0.2) is 0 Å². The summed E-state index contributed by atoms with van der Waals surface area (Å²) in [6, 6.07) is 5.94. The second-order valence-corrected chi connectivity index (χ2v) is 4.79. The zero-order chi connectivity index (χ0) is 12.4. The summed E-state index contributed by atoms with van der Waals surface area (Å²) < 4.78 is 6.09. The van der Waals surface area contributed by atoms with Crippen LogP contribution in [0.5, 0.6) is 5.75 Å². The maximum absolute atomic E-state index is 11.6. The number of methoxy groups -OCH3 is 1. The molecular weight excluding hydrogens is 284 g/mol. The normalized spacial score (nSPS) is 19.4. The Labute approximate surface area is 109 Å². The van der Waals surface area contributed by atoms with Gasteiger partial charge in [-0.3, -0.25) is 0 Å². The minimum Gasteiger partial charge on any atom is -0.496 e. The van der Waals surface area contributed by atoms with E-state index in [4.69, 9.17) is 4.74 Å². The van der Waals surface area contributed by atoms with Gasteiger partial charge in [-0.2, -0.15) is 0 Å². The summed E-state index contributed by atoms with van der Waals surface area (Å²) in [4.78, 5) is 13.4. The van der Waals surface area contributed by atoms with Crippen LogP contribution in [0.25, 0.3) is 0 Å². The zero-order valence-corrected chi connectivity index (χ0v) is 11.5. The van der Waals surface area contributed by atoms with Gasteiger partial charge in [0.25, 0.3) is 0 Å². The van der Waals surface area contributed by atoms with Crippen LogP contribution >= 0.6 is 15.9 Å². The van der Waals surface area contributed by atoms with Crippen molar-refractivity contribution in [1.29, 1.82) is 0 Å². The van der Waals surface area contributed by atoms with Crippen molar-refractivity contribution in [2.75, 3.05) is 20.2 Å². The third-order valence-electron chi connectivity index (χ3n) is 2.95. The third kappa shape index (κ3) is 2.39. The number of carbonyl (C=O) groups is 1. The number of carbonyl (C=O) groups excluding carboxylic acids is 1. The number of urea groups is 1. The Bertz CT molecular complexity index is 437. The summed E-state index contributed by atoms with van der Waals surface area (Å²) in [6.45, 7) is 3.43. The molecule has 1 N–H and O–H groups in total. The molecular formula is C12H15BrN2O2. The van der Waals surface area contributed by atoms with E-state index in [-0.39, 0.29) is 12.1 Å². The van der Waals surface area contributed by atoms with E-state index in [0.29, 0.717) is 6.54 Å². The van der Waals surface area contributed by atoms with E-state index in [0.717, 1.165) is 22.3 Å². The average Bonchev–Trinajstić information content (AvgIpc) is 2.70. The smallest absolute Gasteiger partial charge is 0.318 e. The number of ether oxygens (including phenoxy) is 1. The summed E-state index contributed by atoms with van der Waals surface area (Å²) in [5, 5.41) is 2.96. The van der Waals surface area contributed by atoms with E-state index in [1.807, 2.05) is 25.1 Å². The van der Waals surface area contributed by atoms with Crippen LogP contribution in [0.3, 0.4) is 0 Å².